The lowest BCUT2D eigenvalue weighted by atomic mass is 9.97. The van der Waals surface area contributed by atoms with Gasteiger partial charge in [0.05, 0.1) is 0 Å². The number of hydrogen-bond acceptors (Lipinski definition) is 5. The van der Waals surface area contributed by atoms with E-state index in [1.807, 2.05) is 18.2 Å². The lowest BCUT2D eigenvalue weighted by Crippen LogP contribution is -2.34. The van der Waals surface area contributed by atoms with Crippen LogP contribution in [0.4, 0.5) is 5.69 Å². The maximum Gasteiger partial charge on any atom is 0.223 e. The molecule has 7 nitrogen and oxygen atoms in total. The van der Waals surface area contributed by atoms with Crippen LogP contribution in [0.15, 0.2) is 28.5 Å². The molecular formula is C15H19N5O2S. The number of carbonyl (C=O) groups excluding carboxylic acids is 1. The second-order valence-corrected chi connectivity index (χ2v) is 5.68. The molecule has 0 unspecified atom stereocenters. The van der Waals surface area contributed by atoms with Gasteiger partial charge in [-0.2, -0.15) is 5.10 Å². The summed E-state index contributed by atoms with van der Waals surface area (Å²) in [5, 5.41) is 16.4. The second kappa shape index (κ2) is 7.19. The fraction of sp³-hybridized carbons (Fsp3) is 0.333. The Morgan fingerprint density at radius 1 is 1.43 bits per heavy atom. The molecule has 4 N–H and O–H groups in total. The molecule has 1 aromatic rings. The zero-order valence-corrected chi connectivity index (χ0v) is 13.9. The fourth-order valence-electron chi connectivity index (χ4n) is 2.56. The number of anilines is 1. The third kappa shape index (κ3) is 3.84. The van der Waals surface area contributed by atoms with Gasteiger partial charge >= 0.3 is 0 Å². The molecule has 1 aliphatic heterocycles. The minimum Gasteiger partial charge on any atom is -0.411 e. The van der Waals surface area contributed by atoms with E-state index in [9.17, 15) is 4.79 Å². The molecule has 122 valence electrons. The smallest absolute Gasteiger partial charge is 0.223 e. The Hall–Kier alpha value is -2.48. The zero-order chi connectivity index (χ0) is 17.0. The summed E-state index contributed by atoms with van der Waals surface area (Å²) in [5.41, 5.74) is 11.3. The predicted octanol–water partition coefficient (Wildman–Crippen LogP) is 1.37. The van der Waals surface area contributed by atoms with E-state index in [1.165, 1.54) is 0 Å². The van der Waals surface area contributed by atoms with E-state index in [2.05, 4.69) is 15.7 Å². The van der Waals surface area contributed by atoms with Crippen molar-refractivity contribution in [2.75, 3.05) is 11.4 Å². The molecule has 8 heteroatoms. The third-order valence-electron chi connectivity index (χ3n) is 3.63. The third-order valence-corrected chi connectivity index (χ3v) is 3.72. The van der Waals surface area contributed by atoms with Crippen LogP contribution in [-0.2, 0) is 11.2 Å². The standard InChI is InChI=1S/C15H19N5O2S/c1-9(19-22)14(17-18-15(16)23)12-6-5-11-4-3-7-20(10(2)21)13(11)8-12/h5-6,8,22H,3-4,7H2,1-2H3,(H3,16,18,23). The molecule has 0 atom stereocenters. The molecule has 0 aliphatic carbocycles. The van der Waals surface area contributed by atoms with Crippen LogP contribution in [0, 0.1) is 0 Å². The molecule has 0 saturated heterocycles. The number of amides is 1. The highest BCUT2D eigenvalue weighted by Gasteiger charge is 2.21. The van der Waals surface area contributed by atoms with Crippen LogP contribution >= 0.6 is 12.2 Å². The average Bonchev–Trinajstić information content (AvgIpc) is 2.53. The highest BCUT2D eigenvalue weighted by molar-refractivity contribution is 7.80. The SMILES string of the molecule is CC(=O)N1CCCc2ccc(C(=NNC(N)=S)C(C)=NO)cc21. The fourth-order valence-corrected chi connectivity index (χ4v) is 2.61. The number of benzene rings is 1. The first-order valence-corrected chi connectivity index (χ1v) is 7.58. The van der Waals surface area contributed by atoms with Gasteiger partial charge in [-0.25, -0.2) is 0 Å². The van der Waals surface area contributed by atoms with Crippen molar-refractivity contribution in [2.24, 2.45) is 16.0 Å². The van der Waals surface area contributed by atoms with Gasteiger partial charge in [-0.05, 0) is 43.6 Å². The van der Waals surface area contributed by atoms with E-state index in [-0.39, 0.29) is 11.0 Å². The van der Waals surface area contributed by atoms with Gasteiger partial charge in [0.15, 0.2) is 5.11 Å². The highest BCUT2D eigenvalue weighted by atomic mass is 32.1. The van der Waals surface area contributed by atoms with Crippen molar-refractivity contribution < 1.29 is 10.0 Å². The van der Waals surface area contributed by atoms with Gasteiger partial charge < -0.3 is 15.8 Å². The molecule has 2 rings (SSSR count). The molecule has 0 spiro atoms. The quantitative estimate of drug-likeness (QED) is 0.335. The number of nitrogens with zero attached hydrogens (tertiary/aromatic N) is 3. The van der Waals surface area contributed by atoms with Crippen LogP contribution in [-0.4, -0.2) is 34.2 Å². The summed E-state index contributed by atoms with van der Waals surface area (Å²) in [7, 11) is 0. The Morgan fingerprint density at radius 2 is 2.17 bits per heavy atom. The molecule has 1 amide bonds. The van der Waals surface area contributed by atoms with Crippen molar-refractivity contribution >= 4 is 40.3 Å². The number of hydrazone groups is 1. The lowest BCUT2D eigenvalue weighted by Gasteiger charge is -2.29. The van der Waals surface area contributed by atoms with E-state index >= 15 is 0 Å². The van der Waals surface area contributed by atoms with Gasteiger partial charge in [-0.15, -0.1) is 0 Å². The first-order chi connectivity index (χ1) is 10.9. The normalized spacial score (nSPS) is 15.1. The predicted molar refractivity (Wildman–Crippen MR) is 94.1 cm³/mol. The number of nitrogens with two attached hydrogens (primary N) is 1. The van der Waals surface area contributed by atoms with Gasteiger partial charge in [0, 0.05) is 24.7 Å². The van der Waals surface area contributed by atoms with Gasteiger partial charge in [0.2, 0.25) is 5.91 Å². The van der Waals surface area contributed by atoms with Crippen molar-refractivity contribution in [1.82, 2.24) is 5.43 Å². The summed E-state index contributed by atoms with van der Waals surface area (Å²) in [5.74, 6) is -0.00426. The van der Waals surface area contributed by atoms with Gasteiger partial charge in [0.25, 0.3) is 0 Å². The molecule has 1 aromatic carbocycles. The van der Waals surface area contributed by atoms with Gasteiger partial charge in [-0.1, -0.05) is 17.3 Å². The van der Waals surface area contributed by atoms with Crippen molar-refractivity contribution in [3.8, 4) is 0 Å². The van der Waals surface area contributed by atoms with E-state index in [0.29, 0.717) is 23.5 Å². The van der Waals surface area contributed by atoms with Crippen LogP contribution < -0.4 is 16.1 Å². The summed E-state index contributed by atoms with van der Waals surface area (Å²) in [6.45, 7) is 3.85. The Labute approximate surface area is 139 Å². The van der Waals surface area contributed by atoms with E-state index in [4.69, 9.17) is 23.2 Å². The van der Waals surface area contributed by atoms with Gasteiger partial charge in [0.1, 0.15) is 11.4 Å². The number of oxime groups is 1. The maximum atomic E-state index is 11.8. The lowest BCUT2D eigenvalue weighted by molar-refractivity contribution is -0.116. The zero-order valence-electron chi connectivity index (χ0n) is 13.0. The molecule has 1 heterocycles. The van der Waals surface area contributed by atoms with Crippen molar-refractivity contribution in [3.63, 3.8) is 0 Å². The molecule has 23 heavy (non-hydrogen) atoms. The number of fused-ring (bicyclic) bond motifs is 1. The molecule has 0 aromatic heterocycles. The second-order valence-electron chi connectivity index (χ2n) is 5.24. The summed E-state index contributed by atoms with van der Waals surface area (Å²) in [6.07, 6.45) is 1.86. The average molecular weight is 333 g/mol. The number of aryl methyl sites for hydroxylation is 1. The van der Waals surface area contributed by atoms with E-state index in [1.54, 1.807) is 18.7 Å². The Balaban J connectivity index is 2.49. The minimum atomic E-state index is -0.00426. The molecule has 0 radical (unpaired) electrons. The van der Waals surface area contributed by atoms with Crippen LogP contribution in [0.1, 0.15) is 31.4 Å². The minimum absolute atomic E-state index is 0.00426. The maximum absolute atomic E-state index is 11.8. The molecular weight excluding hydrogens is 314 g/mol. The Bertz CT molecular complexity index is 699. The van der Waals surface area contributed by atoms with Crippen LogP contribution in [0.25, 0.3) is 0 Å². The Kier molecular flexibility index (Phi) is 5.28. The first kappa shape index (κ1) is 16.9. The van der Waals surface area contributed by atoms with E-state index in [0.717, 1.165) is 24.1 Å². The van der Waals surface area contributed by atoms with Crippen LogP contribution in [0.3, 0.4) is 0 Å². The monoisotopic (exact) mass is 333 g/mol. The summed E-state index contributed by atoms with van der Waals surface area (Å²) in [6, 6.07) is 5.70. The van der Waals surface area contributed by atoms with Crippen molar-refractivity contribution in [3.05, 3.63) is 29.3 Å². The Morgan fingerprint density at radius 3 is 2.78 bits per heavy atom. The molecule has 0 bridgehead atoms. The number of nitrogens with one attached hydrogen (secondary N) is 1. The van der Waals surface area contributed by atoms with Crippen molar-refractivity contribution in [1.29, 1.82) is 0 Å². The summed E-state index contributed by atoms with van der Waals surface area (Å²) < 4.78 is 0. The first-order valence-electron chi connectivity index (χ1n) is 7.17. The van der Waals surface area contributed by atoms with E-state index < -0.39 is 0 Å². The van der Waals surface area contributed by atoms with Gasteiger partial charge in [-0.3, -0.25) is 10.2 Å². The number of rotatable bonds is 3. The van der Waals surface area contributed by atoms with Crippen molar-refractivity contribution in [2.45, 2.75) is 26.7 Å². The van der Waals surface area contributed by atoms with Crippen LogP contribution in [0.5, 0.6) is 0 Å². The topological polar surface area (TPSA) is 103 Å². The highest BCUT2D eigenvalue weighted by Crippen LogP contribution is 2.28. The molecule has 1 aliphatic rings. The number of carbonyl (C=O) groups is 1. The molecule has 0 fully saturated rings. The number of hydrogen-bond donors (Lipinski definition) is 3. The molecule has 0 saturated carbocycles. The summed E-state index contributed by atoms with van der Waals surface area (Å²) >= 11 is 4.74. The number of thiocarbonyl (C=S) groups is 1. The van der Waals surface area contributed by atoms with Crippen LogP contribution in [0.2, 0.25) is 0 Å². The largest absolute Gasteiger partial charge is 0.411 e. The summed E-state index contributed by atoms with van der Waals surface area (Å²) in [4.78, 5) is 13.6.